The molecule has 0 rings (SSSR count). The number of hydrogen-bond donors (Lipinski definition) is 2. The maximum Gasteiger partial charge on any atom is 0.503 e. The summed E-state index contributed by atoms with van der Waals surface area (Å²) in [4.78, 5) is 0. The van der Waals surface area contributed by atoms with Gasteiger partial charge in [0.25, 0.3) is 0 Å². The first-order chi connectivity index (χ1) is 11.3. The Balaban J connectivity index is 0. The quantitative estimate of drug-likeness (QED) is 0.456. The summed E-state index contributed by atoms with van der Waals surface area (Å²) in [6.07, 6.45) is -0.457. The van der Waals surface area contributed by atoms with Crippen LogP contribution < -0.4 is 0 Å². The topological polar surface area (TPSA) is 95.8 Å². The minimum Gasteiger partial charge on any atom is -0.396 e. The molecule has 10 heteroatoms. The van der Waals surface area contributed by atoms with Crippen LogP contribution in [0.5, 0.6) is 0 Å². The Kier molecular flexibility index (Phi) is 16.9. The Morgan fingerprint density at radius 2 is 1.17 bits per heavy atom. The molecule has 0 fully saturated rings. The van der Waals surface area contributed by atoms with Crippen molar-refractivity contribution in [3.8, 4) is 0 Å². The van der Waals surface area contributed by atoms with E-state index in [2.05, 4.69) is 0 Å². The van der Waals surface area contributed by atoms with Crippen molar-refractivity contribution < 1.29 is 36.8 Å². The fourth-order valence-corrected chi connectivity index (χ4v) is 6.00. The zero-order valence-electron chi connectivity index (χ0n) is 16.2. The van der Waals surface area contributed by atoms with Gasteiger partial charge in [-0.05, 0) is 27.7 Å². The predicted molar refractivity (Wildman–Crippen MR) is 95.8 cm³/mol. The summed E-state index contributed by atoms with van der Waals surface area (Å²) in [5, 5.41) is 18.0. The first-order valence-corrected chi connectivity index (χ1v) is 12.1. The van der Waals surface area contributed by atoms with Crippen LogP contribution in [0.2, 0.25) is 12.1 Å². The van der Waals surface area contributed by atoms with Crippen molar-refractivity contribution in [1.29, 1.82) is 0 Å². The van der Waals surface area contributed by atoms with E-state index in [1.165, 1.54) is 21.3 Å². The Hall–Kier alpha value is 0.114. The van der Waals surface area contributed by atoms with E-state index in [4.69, 9.17) is 36.8 Å². The second-order valence-corrected chi connectivity index (χ2v) is 10.5. The lowest BCUT2D eigenvalue weighted by molar-refractivity contribution is 0.0665. The molecule has 0 spiro atoms. The first kappa shape index (κ1) is 26.3. The number of aliphatic hydroxyl groups is 2. The average molecular weight is 389 g/mol. The molecule has 1 unspecified atom stereocenters. The van der Waals surface area contributed by atoms with E-state index in [-0.39, 0.29) is 6.61 Å². The molecule has 0 aromatic carbocycles. The molecular formula is C14H36O8Si2. The molecule has 0 saturated carbocycles. The average Bonchev–Trinajstić information content (AvgIpc) is 2.54. The summed E-state index contributed by atoms with van der Waals surface area (Å²) in [6.45, 7) is 9.11. The predicted octanol–water partition coefficient (Wildman–Crippen LogP) is 1.27. The maximum absolute atomic E-state index is 9.08. The van der Waals surface area contributed by atoms with Gasteiger partial charge in [0.05, 0.1) is 6.10 Å². The molecular weight excluding hydrogens is 352 g/mol. The fourth-order valence-electron chi connectivity index (χ4n) is 2.00. The molecule has 0 aromatic rings. The SMILES string of the molecule is CCO[Si](CCO)(OCC)OCC.CO[Si](CC(C)O)(OC)OC. The molecule has 0 aliphatic rings. The highest BCUT2D eigenvalue weighted by Gasteiger charge is 2.40. The van der Waals surface area contributed by atoms with Gasteiger partial charge in [0.2, 0.25) is 0 Å². The number of hydrogen-bond acceptors (Lipinski definition) is 8. The molecule has 0 heterocycles. The largest absolute Gasteiger partial charge is 0.503 e. The smallest absolute Gasteiger partial charge is 0.396 e. The summed E-state index contributed by atoms with van der Waals surface area (Å²) >= 11 is 0. The second kappa shape index (κ2) is 15.4. The lowest BCUT2D eigenvalue weighted by Gasteiger charge is -2.27. The van der Waals surface area contributed by atoms with E-state index >= 15 is 0 Å². The summed E-state index contributed by atoms with van der Waals surface area (Å²) in [5.41, 5.74) is 0. The van der Waals surface area contributed by atoms with Crippen molar-refractivity contribution in [2.75, 3.05) is 47.8 Å². The van der Waals surface area contributed by atoms with Crippen molar-refractivity contribution in [2.24, 2.45) is 0 Å². The van der Waals surface area contributed by atoms with Gasteiger partial charge in [0.15, 0.2) is 0 Å². The highest BCUT2D eigenvalue weighted by atomic mass is 28.4. The van der Waals surface area contributed by atoms with Gasteiger partial charge in [-0.3, -0.25) is 0 Å². The van der Waals surface area contributed by atoms with Crippen molar-refractivity contribution >= 4 is 17.6 Å². The third kappa shape index (κ3) is 10.9. The second-order valence-electron chi connectivity index (χ2n) is 4.80. The van der Waals surface area contributed by atoms with Crippen LogP contribution in [0.25, 0.3) is 0 Å². The standard InChI is InChI=1S/C8H20O4Si.C6H16O4Si/c1-4-10-13(8-7-9,11-5-2)12-6-3;1-6(7)5-11(8-2,9-3)10-4/h9H,4-8H2,1-3H3;6-7H,5H2,1-4H3. The van der Waals surface area contributed by atoms with Crippen LogP contribution in [0.15, 0.2) is 0 Å². The van der Waals surface area contributed by atoms with Gasteiger partial charge in [-0.2, -0.15) is 0 Å². The molecule has 0 aliphatic carbocycles. The van der Waals surface area contributed by atoms with Crippen molar-refractivity contribution in [1.82, 2.24) is 0 Å². The van der Waals surface area contributed by atoms with Gasteiger partial charge in [0, 0.05) is 59.8 Å². The van der Waals surface area contributed by atoms with Gasteiger partial charge >= 0.3 is 17.6 Å². The Morgan fingerprint density at radius 3 is 1.33 bits per heavy atom. The van der Waals surface area contributed by atoms with E-state index in [1.54, 1.807) is 6.92 Å². The molecule has 0 bridgehead atoms. The zero-order valence-corrected chi connectivity index (χ0v) is 18.2. The van der Waals surface area contributed by atoms with E-state index in [0.717, 1.165) is 0 Å². The van der Waals surface area contributed by atoms with Gasteiger partial charge in [-0.25, -0.2) is 0 Å². The maximum atomic E-state index is 9.08. The molecule has 1 atom stereocenters. The Morgan fingerprint density at radius 1 is 0.792 bits per heavy atom. The van der Waals surface area contributed by atoms with Crippen molar-refractivity contribution in [3.63, 3.8) is 0 Å². The van der Waals surface area contributed by atoms with E-state index < -0.39 is 23.7 Å². The van der Waals surface area contributed by atoms with E-state index in [0.29, 0.717) is 31.9 Å². The van der Waals surface area contributed by atoms with Crippen LogP contribution in [0.1, 0.15) is 27.7 Å². The summed E-state index contributed by atoms with van der Waals surface area (Å²) in [7, 11) is -0.488. The molecule has 148 valence electrons. The Labute approximate surface area is 148 Å². The number of rotatable bonds is 13. The molecule has 0 radical (unpaired) electrons. The van der Waals surface area contributed by atoms with Crippen molar-refractivity contribution in [3.05, 3.63) is 0 Å². The van der Waals surface area contributed by atoms with Gasteiger partial charge < -0.3 is 36.8 Å². The third-order valence-corrected chi connectivity index (χ3v) is 8.97. The summed E-state index contributed by atoms with van der Waals surface area (Å²) in [5.74, 6) is 0. The molecule has 0 amide bonds. The van der Waals surface area contributed by atoms with Crippen molar-refractivity contribution in [2.45, 2.75) is 45.9 Å². The molecule has 0 saturated heterocycles. The molecule has 8 nitrogen and oxygen atoms in total. The lowest BCUT2D eigenvalue weighted by Crippen LogP contribution is -2.46. The summed E-state index contributed by atoms with van der Waals surface area (Å²) in [6, 6.07) is 0.902. The minimum absolute atomic E-state index is 0.0478. The minimum atomic E-state index is -2.55. The fraction of sp³-hybridized carbons (Fsp3) is 1.00. The third-order valence-electron chi connectivity index (χ3n) is 2.99. The van der Waals surface area contributed by atoms with Crippen LogP contribution in [0, 0.1) is 0 Å². The molecule has 24 heavy (non-hydrogen) atoms. The van der Waals surface area contributed by atoms with Gasteiger partial charge in [-0.1, -0.05) is 0 Å². The van der Waals surface area contributed by atoms with Crippen LogP contribution >= 0.6 is 0 Å². The first-order valence-electron chi connectivity index (χ1n) is 8.20. The molecule has 0 aromatic heterocycles. The highest BCUT2D eigenvalue weighted by molar-refractivity contribution is 6.61. The zero-order chi connectivity index (χ0) is 19.1. The molecule has 0 aliphatic heterocycles. The normalized spacial score (nSPS) is 13.4. The van der Waals surface area contributed by atoms with Gasteiger partial charge in [0.1, 0.15) is 0 Å². The van der Waals surface area contributed by atoms with E-state index in [1.807, 2.05) is 20.8 Å². The number of aliphatic hydroxyl groups excluding tert-OH is 2. The van der Waals surface area contributed by atoms with Crippen LogP contribution in [0.3, 0.4) is 0 Å². The van der Waals surface area contributed by atoms with Crippen LogP contribution in [0.4, 0.5) is 0 Å². The van der Waals surface area contributed by atoms with Gasteiger partial charge in [-0.15, -0.1) is 0 Å². The lowest BCUT2D eigenvalue weighted by atomic mass is 10.5. The van der Waals surface area contributed by atoms with E-state index in [9.17, 15) is 0 Å². The van der Waals surface area contributed by atoms with Crippen LogP contribution in [-0.2, 0) is 26.6 Å². The monoisotopic (exact) mass is 388 g/mol. The summed E-state index contributed by atoms with van der Waals surface area (Å²) < 4.78 is 31.7. The highest BCUT2D eigenvalue weighted by Crippen LogP contribution is 2.15. The van der Waals surface area contributed by atoms with Crippen LogP contribution in [-0.4, -0.2) is 81.7 Å². The Bertz CT molecular complexity index is 240. The molecule has 2 N–H and O–H groups in total.